The van der Waals surface area contributed by atoms with Gasteiger partial charge in [0.25, 0.3) is 0 Å². The molecule has 0 radical (unpaired) electrons. The van der Waals surface area contributed by atoms with Gasteiger partial charge in [0.1, 0.15) is 0 Å². The minimum atomic E-state index is -0.130. The van der Waals surface area contributed by atoms with Gasteiger partial charge in [-0.2, -0.15) is 0 Å². The second kappa shape index (κ2) is 4.19. The molecule has 0 aromatic carbocycles. The fourth-order valence-electron chi connectivity index (χ4n) is 2.21. The molecular weight excluding hydrogens is 174 g/mol. The summed E-state index contributed by atoms with van der Waals surface area (Å²) < 4.78 is 0. The summed E-state index contributed by atoms with van der Waals surface area (Å²) >= 11 is 0. The highest BCUT2D eigenvalue weighted by molar-refractivity contribution is 4.92. The van der Waals surface area contributed by atoms with Crippen LogP contribution in [0, 0.1) is 5.92 Å². The van der Waals surface area contributed by atoms with Gasteiger partial charge in [0.2, 0.25) is 0 Å². The number of aliphatic hydroxyl groups is 1. The lowest BCUT2D eigenvalue weighted by molar-refractivity contribution is 0.0485. The van der Waals surface area contributed by atoms with Crippen molar-refractivity contribution in [2.24, 2.45) is 5.92 Å². The van der Waals surface area contributed by atoms with Gasteiger partial charge in [-0.05, 0) is 44.9 Å². The van der Waals surface area contributed by atoms with E-state index < -0.39 is 0 Å². The maximum absolute atomic E-state index is 9.87. The van der Waals surface area contributed by atoms with E-state index in [2.05, 4.69) is 18.7 Å². The Bertz CT molecular complexity index is 187. The first kappa shape index (κ1) is 10.4. The largest absolute Gasteiger partial charge is 0.392 e. The zero-order valence-corrected chi connectivity index (χ0v) is 9.45. The number of rotatable bonds is 6. The molecule has 2 atom stereocenters. The summed E-state index contributed by atoms with van der Waals surface area (Å²) in [7, 11) is 0. The van der Waals surface area contributed by atoms with Gasteiger partial charge in [0.05, 0.1) is 6.10 Å². The molecule has 0 saturated heterocycles. The molecule has 1 N–H and O–H groups in total. The molecule has 2 fully saturated rings. The Hall–Kier alpha value is -0.0800. The van der Waals surface area contributed by atoms with Crippen LogP contribution in [0.25, 0.3) is 0 Å². The fourth-order valence-corrected chi connectivity index (χ4v) is 2.21. The molecule has 2 rings (SSSR count). The van der Waals surface area contributed by atoms with Gasteiger partial charge in [-0.25, -0.2) is 0 Å². The van der Waals surface area contributed by atoms with Crippen molar-refractivity contribution < 1.29 is 5.11 Å². The molecule has 0 amide bonds. The van der Waals surface area contributed by atoms with Crippen molar-refractivity contribution >= 4 is 0 Å². The lowest BCUT2D eigenvalue weighted by Crippen LogP contribution is -2.43. The number of hydrogen-bond donors (Lipinski definition) is 1. The van der Waals surface area contributed by atoms with Gasteiger partial charge in [-0.1, -0.05) is 6.92 Å². The molecule has 0 aromatic heterocycles. The molecule has 0 spiro atoms. The summed E-state index contributed by atoms with van der Waals surface area (Å²) in [5.74, 6) is 0.946. The molecule has 0 aromatic rings. The van der Waals surface area contributed by atoms with Crippen molar-refractivity contribution in [3.63, 3.8) is 0 Å². The second-order valence-electron chi connectivity index (χ2n) is 5.09. The topological polar surface area (TPSA) is 23.5 Å². The Kier molecular flexibility index (Phi) is 3.13. The summed E-state index contributed by atoms with van der Waals surface area (Å²) in [4.78, 5) is 2.56. The van der Waals surface area contributed by atoms with Crippen molar-refractivity contribution in [2.75, 3.05) is 6.54 Å². The zero-order valence-electron chi connectivity index (χ0n) is 9.45. The third-order valence-electron chi connectivity index (χ3n) is 3.68. The van der Waals surface area contributed by atoms with Crippen molar-refractivity contribution in [1.29, 1.82) is 0 Å². The molecule has 2 aliphatic rings. The predicted molar refractivity (Wildman–Crippen MR) is 58.2 cm³/mol. The maximum atomic E-state index is 9.87. The second-order valence-corrected chi connectivity index (χ2v) is 5.09. The van der Waals surface area contributed by atoms with Crippen LogP contribution in [0.3, 0.4) is 0 Å². The van der Waals surface area contributed by atoms with E-state index in [9.17, 15) is 5.11 Å². The summed E-state index contributed by atoms with van der Waals surface area (Å²) in [6, 6.07) is 1.17. The number of aliphatic hydroxyl groups excluding tert-OH is 1. The lowest BCUT2D eigenvalue weighted by atomic mass is 10.1. The summed E-state index contributed by atoms with van der Waals surface area (Å²) in [6.07, 6.45) is 6.29. The summed E-state index contributed by atoms with van der Waals surface area (Å²) in [5, 5.41) is 9.87. The van der Waals surface area contributed by atoms with E-state index in [4.69, 9.17) is 0 Å². The molecule has 0 bridgehead atoms. The van der Waals surface area contributed by atoms with E-state index in [-0.39, 0.29) is 6.10 Å². The van der Waals surface area contributed by atoms with Crippen molar-refractivity contribution in [1.82, 2.24) is 4.90 Å². The molecule has 2 saturated carbocycles. The van der Waals surface area contributed by atoms with Gasteiger partial charge < -0.3 is 5.11 Å². The average molecular weight is 197 g/mol. The lowest BCUT2D eigenvalue weighted by Gasteiger charge is -2.32. The van der Waals surface area contributed by atoms with Crippen molar-refractivity contribution in [2.45, 2.75) is 64.1 Å². The van der Waals surface area contributed by atoms with Gasteiger partial charge in [-0.3, -0.25) is 4.90 Å². The normalized spacial score (nSPS) is 26.6. The van der Waals surface area contributed by atoms with Crippen LogP contribution in [0.15, 0.2) is 0 Å². The van der Waals surface area contributed by atoms with Gasteiger partial charge in [0.15, 0.2) is 0 Å². The maximum Gasteiger partial charge on any atom is 0.0690 e. The first-order valence-electron chi connectivity index (χ1n) is 6.16. The van der Waals surface area contributed by atoms with Crippen molar-refractivity contribution in [3.8, 4) is 0 Å². The summed E-state index contributed by atoms with van der Waals surface area (Å²) in [6.45, 7) is 5.50. The third-order valence-corrected chi connectivity index (χ3v) is 3.68. The first-order chi connectivity index (χ1) is 6.72. The number of nitrogens with zero attached hydrogens (tertiary/aromatic N) is 1. The van der Waals surface area contributed by atoms with Crippen LogP contribution >= 0.6 is 0 Å². The third kappa shape index (κ3) is 2.48. The van der Waals surface area contributed by atoms with Crippen LogP contribution in [0.4, 0.5) is 0 Å². The molecular formula is C12H23NO. The van der Waals surface area contributed by atoms with Gasteiger partial charge >= 0.3 is 0 Å². The summed E-state index contributed by atoms with van der Waals surface area (Å²) in [5.41, 5.74) is 0. The molecule has 2 heteroatoms. The van der Waals surface area contributed by atoms with E-state index in [0.29, 0.717) is 6.04 Å². The fraction of sp³-hybridized carbons (Fsp3) is 1.00. The standard InChI is InChI=1S/C12H23NO/c1-3-12(14)9(2)13(11-6-7-11)8-10-4-5-10/h9-12,14H,3-8H2,1-2H3. The highest BCUT2D eigenvalue weighted by atomic mass is 16.3. The van der Waals surface area contributed by atoms with E-state index in [1.807, 2.05) is 0 Å². The highest BCUT2D eigenvalue weighted by Gasteiger charge is 2.37. The van der Waals surface area contributed by atoms with Gasteiger partial charge in [-0.15, -0.1) is 0 Å². The molecule has 2 nitrogen and oxygen atoms in total. The van der Waals surface area contributed by atoms with E-state index in [1.165, 1.54) is 32.2 Å². The predicted octanol–water partition coefficient (Wildman–Crippen LogP) is 2.02. The first-order valence-corrected chi connectivity index (χ1v) is 6.16. The van der Waals surface area contributed by atoms with E-state index >= 15 is 0 Å². The molecule has 2 aliphatic carbocycles. The Balaban J connectivity index is 1.86. The molecule has 2 unspecified atom stereocenters. The Morgan fingerprint density at radius 3 is 2.36 bits per heavy atom. The number of hydrogen-bond acceptors (Lipinski definition) is 2. The van der Waals surface area contributed by atoms with Crippen LogP contribution < -0.4 is 0 Å². The monoisotopic (exact) mass is 197 g/mol. The molecule has 0 aliphatic heterocycles. The Morgan fingerprint density at radius 1 is 1.29 bits per heavy atom. The smallest absolute Gasteiger partial charge is 0.0690 e. The zero-order chi connectivity index (χ0) is 10.1. The minimum Gasteiger partial charge on any atom is -0.392 e. The molecule has 82 valence electrons. The Morgan fingerprint density at radius 2 is 1.93 bits per heavy atom. The van der Waals surface area contributed by atoms with Crippen LogP contribution in [0.1, 0.15) is 46.0 Å². The van der Waals surface area contributed by atoms with Crippen LogP contribution in [-0.2, 0) is 0 Å². The van der Waals surface area contributed by atoms with E-state index in [1.54, 1.807) is 0 Å². The van der Waals surface area contributed by atoms with Crippen molar-refractivity contribution in [3.05, 3.63) is 0 Å². The van der Waals surface area contributed by atoms with Gasteiger partial charge in [0, 0.05) is 18.6 Å². The molecule has 14 heavy (non-hydrogen) atoms. The van der Waals surface area contributed by atoms with Crippen LogP contribution in [0.5, 0.6) is 0 Å². The minimum absolute atomic E-state index is 0.130. The highest BCUT2D eigenvalue weighted by Crippen LogP contribution is 2.36. The molecule has 0 heterocycles. The Labute approximate surface area is 87.3 Å². The average Bonchev–Trinajstić information content (AvgIpc) is 3.02. The van der Waals surface area contributed by atoms with Crippen LogP contribution in [-0.4, -0.2) is 34.7 Å². The van der Waals surface area contributed by atoms with Crippen LogP contribution in [0.2, 0.25) is 0 Å². The SMILES string of the molecule is CCC(O)C(C)N(CC1CC1)C1CC1. The quantitative estimate of drug-likeness (QED) is 0.704. The van der Waals surface area contributed by atoms with E-state index in [0.717, 1.165) is 18.4 Å².